The highest BCUT2D eigenvalue weighted by Crippen LogP contribution is 2.44. The second-order valence-corrected chi connectivity index (χ2v) is 4.99. The van der Waals surface area contributed by atoms with Gasteiger partial charge in [0, 0.05) is 18.2 Å². The summed E-state index contributed by atoms with van der Waals surface area (Å²) in [6.07, 6.45) is 5.65. The molecule has 0 radical (unpaired) electrons. The van der Waals surface area contributed by atoms with Gasteiger partial charge in [0.15, 0.2) is 0 Å². The van der Waals surface area contributed by atoms with Crippen LogP contribution in [0.5, 0.6) is 5.75 Å². The summed E-state index contributed by atoms with van der Waals surface area (Å²) in [6, 6.07) is 6.42. The molecule has 1 saturated carbocycles. The molecule has 1 N–H and O–H groups in total. The Bertz CT molecular complexity index is 382. The van der Waals surface area contributed by atoms with Crippen LogP contribution in [0.3, 0.4) is 0 Å². The molecule has 2 nitrogen and oxygen atoms in total. The Morgan fingerprint density at radius 1 is 1.25 bits per heavy atom. The molecule has 1 heterocycles. The predicted molar refractivity (Wildman–Crippen MR) is 66.2 cm³/mol. The van der Waals surface area contributed by atoms with Crippen molar-refractivity contribution in [2.75, 3.05) is 19.0 Å². The molecule has 1 unspecified atom stereocenters. The predicted octanol–water partition coefficient (Wildman–Crippen LogP) is 3.39. The highest BCUT2D eigenvalue weighted by molar-refractivity contribution is 5.60. The normalized spacial score (nSPS) is 24.2. The van der Waals surface area contributed by atoms with Crippen molar-refractivity contribution in [1.82, 2.24) is 0 Å². The van der Waals surface area contributed by atoms with Gasteiger partial charge in [0.1, 0.15) is 5.75 Å². The SMILES string of the molecule is COc1ccc2c(c1)C(C1CCCC1)CN2. The van der Waals surface area contributed by atoms with Crippen LogP contribution in [0.25, 0.3) is 0 Å². The number of anilines is 1. The average Bonchev–Trinajstić information content (AvgIpc) is 2.96. The fourth-order valence-electron chi connectivity index (χ4n) is 3.25. The molecule has 2 heteroatoms. The van der Waals surface area contributed by atoms with Gasteiger partial charge < -0.3 is 10.1 Å². The molecule has 1 fully saturated rings. The van der Waals surface area contributed by atoms with Crippen LogP contribution in [-0.4, -0.2) is 13.7 Å². The minimum Gasteiger partial charge on any atom is -0.497 e. The van der Waals surface area contributed by atoms with Crippen molar-refractivity contribution < 1.29 is 4.74 Å². The fourth-order valence-corrected chi connectivity index (χ4v) is 3.25. The molecule has 0 spiro atoms. The maximum absolute atomic E-state index is 5.32. The summed E-state index contributed by atoms with van der Waals surface area (Å²) in [4.78, 5) is 0. The number of ether oxygens (including phenoxy) is 1. The number of hydrogen-bond donors (Lipinski definition) is 1. The summed E-state index contributed by atoms with van der Waals surface area (Å²) in [5, 5.41) is 3.52. The minimum atomic E-state index is 0.715. The van der Waals surface area contributed by atoms with Gasteiger partial charge in [-0.25, -0.2) is 0 Å². The third-order valence-corrected chi connectivity index (χ3v) is 4.14. The van der Waals surface area contributed by atoms with Crippen LogP contribution >= 0.6 is 0 Å². The molecule has 3 rings (SSSR count). The van der Waals surface area contributed by atoms with E-state index in [1.54, 1.807) is 7.11 Å². The van der Waals surface area contributed by atoms with Crippen molar-refractivity contribution in [3.8, 4) is 5.75 Å². The van der Waals surface area contributed by atoms with Crippen molar-refractivity contribution >= 4 is 5.69 Å². The second kappa shape index (κ2) is 4.00. The van der Waals surface area contributed by atoms with Crippen molar-refractivity contribution in [1.29, 1.82) is 0 Å². The van der Waals surface area contributed by atoms with Crippen LogP contribution in [-0.2, 0) is 0 Å². The molecular weight excluding hydrogens is 198 g/mol. The van der Waals surface area contributed by atoms with Crippen LogP contribution in [0.15, 0.2) is 18.2 Å². The maximum atomic E-state index is 5.32. The van der Waals surface area contributed by atoms with E-state index < -0.39 is 0 Å². The van der Waals surface area contributed by atoms with E-state index in [1.807, 2.05) is 6.07 Å². The number of fused-ring (bicyclic) bond motifs is 1. The Morgan fingerprint density at radius 3 is 2.81 bits per heavy atom. The van der Waals surface area contributed by atoms with Crippen LogP contribution in [0.4, 0.5) is 5.69 Å². The maximum Gasteiger partial charge on any atom is 0.119 e. The lowest BCUT2D eigenvalue weighted by Crippen LogP contribution is -2.11. The highest BCUT2D eigenvalue weighted by Gasteiger charge is 2.31. The third kappa shape index (κ3) is 1.57. The molecule has 1 atom stereocenters. The van der Waals surface area contributed by atoms with Gasteiger partial charge in [0.2, 0.25) is 0 Å². The molecule has 1 aliphatic heterocycles. The number of rotatable bonds is 2. The first-order valence-electron chi connectivity index (χ1n) is 6.30. The van der Waals surface area contributed by atoms with E-state index in [0.29, 0.717) is 5.92 Å². The zero-order valence-corrected chi connectivity index (χ0v) is 9.83. The highest BCUT2D eigenvalue weighted by atomic mass is 16.5. The van der Waals surface area contributed by atoms with Gasteiger partial charge in [-0.2, -0.15) is 0 Å². The number of methoxy groups -OCH3 is 1. The molecule has 0 saturated heterocycles. The van der Waals surface area contributed by atoms with Gasteiger partial charge in [0.25, 0.3) is 0 Å². The Hall–Kier alpha value is -1.18. The monoisotopic (exact) mass is 217 g/mol. The minimum absolute atomic E-state index is 0.715. The Morgan fingerprint density at radius 2 is 2.06 bits per heavy atom. The smallest absolute Gasteiger partial charge is 0.119 e. The Balaban J connectivity index is 1.90. The molecule has 0 amide bonds. The summed E-state index contributed by atoms with van der Waals surface area (Å²) in [5.41, 5.74) is 2.80. The fraction of sp³-hybridized carbons (Fsp3) is 0.571. The van der Waals surface area contributed by atoms with Crippen LogP contribution < -0.4 is 10.1 Å². The van der Waals surface area contributed by atoms with E-state index in [2.05, 4.69) is 17.4 Å². The molecular formula is C14H19NO. The molecule has 1 aromatic rings. The van der Waals surface area contributed by atoms with Gasteiger partial charge in [-0.15, -0.1) is 0 Å². The lowest BCUT2D eigenvalue weighted by atomic mass is 9.86. The van der Waals surface area contributed by atoms with Crippen molar-refractivity contribution in [2.45, 2.75) is 31.6 Å². The van der Waals surface area contributed by atoms with Crippen LogP contribution in [0.2, 0.25) is 0 Å². The van der Waals surface area contributed by atoms with E-state index in [9.17, 15) is 0 Å². The van der Waals surface area contributed by atoms with Crippen molar-refractivity contribution in [3.05, 3.63) is 23.8 Å². The van der Waals surface area contributed by atoms with Crippen molar-refractivity contribution in [2.24, 2.45) is 5.92 Å². The molecule has 16 heavy (non-hydrogen) atoms. The van der Waals surface area contributed by atoms with Gasteiger partial charge >= 0.3 is 0 Å². The lowest BCUT2D eigenvalue weighted by Gasteiger charge is -2.18. The van der Waals surface area contributed by atoms with Crippen molar-refractivity contribution in [3.63, 3.8) is 0 Å². The molecule has 0 aromatic heterocycles. The zero-order chi connectivity index (χ0) is 11.0. The zero-order valence-electron chi connectivity index (χ0n) is 9.83. The van der Waals surface area contributed by atoms with Gasteiger partial charge in [-0.3, -0.25) is 0 Å². The number of benzene rings is 1. The largest absolute Gasteiger partial charge is 0.497 e. The first kappa shape index (κ1) is 10.0. The summed E-state index contributed by atoms with van der Waals surface area (Å²) in [5.74, 6) is 2.60. The first-order chi connectivity index (χ1) is 7.88. The molecule has 86 valence electrons. The Labute approximate surface area is 97.0 Å². The quantitative estimate of drug-likeness (QED) is 0.819. The number of nitrogens with one attached hydrogen (secondary N) is 1. The standard InChI is InChI=1S/C14H19NO/c1-16-11-6-7-14-12(8-11)13(9-15-14)10-4-2-3-5-10/h6-8,10,13,15H,2-5,9H2,1H3. The first-order valence-corrected chi connectivity index (χ1v) is 6.30. The summed E-state index contributed by atoms with van der Waals surface area (Å²) >= 11 is 0. The molecule has 0 bridgehead atoms. The summed E-state index contributed by atoms with van der Waals surface area (Å²) in [7, 11) is 1.74. The van der Waals surface area contributed by atoms with E-state index in [4.69, 9.17) is 4.74 Å². The molecule has 1 aromatic carbocycles. The van der Waals surface area contributed by atoms with E-state index >= 15 is 0 Å². The topological polar surface area (TPSA) is 21.3 Å². The second-order valence-electron chi connectivity index (χ2n) is 4.99. The lowest BCUT2D eigenvalue weighted by molar-refractivity contribution is 0.412. The average molecular weight is 217 g/mol. The van der Waals surface area contributed by atoms with Gasteiger partial charge in [-0.1, -0.05) is 12.8 Å². The van der Waals surface area contributed by atoms with Gasteiger partial charge in [-0.05, 0) is 42.5 Å². The summed E-state index contributed by atoms with van der Waals surface area (Å²) in [6.45, 7) is 1.12. The molecule has 2 aliphatic rings. The third-order valence-electron chi connectivity index (χ3n) is 4.14. The van der Waals surface area contributed by atoms with Gasteiger partial charge in [0.05, 0.1) is 7.11 Å². The summed E-state index contributed by atoms with van der Waals surface area (Å²) < 4.78 is 5.32. The van der Waals surface area contributed by atoms with E-state index in [-0.39, 0.29) is 0 Å². The van der Waals surface area contributed by atoms with E-state index in [0.717, 1.165) is 18.2 Å². The van der Waals surface area contributed by atoms with Crippen LogP contribution in [0.1, 0.15) is 37.2 Å². The number of hydrogen-bond acceptors (Lipinski definition) is 2. The Kier molecular flexibility index (Phi) is 2.50. The van der Waals surface area contributed by atoms with Crippen LogP contribution in [0, 0.1) is 5.92 Å². The molecule has 1 aliphatic carbocycles. The van der Waals surface area contributed by atoms with E-state index in [1.165, 1.54) is 36.9 Å².